The fraction of sp³-hybridized carbons (Fsp3) is 0.519. The number of nitrogens with two attached hydrogens (primary N) is 1. The Kier molecular flexibility index (Phi) is 28.7. The molecule has 0 aliphatic heterocycles. The average Bonchev–Trinajstić information content (AvgIpc) is 3.39. The maximum atomic E-state index is 13.4. The predicted molar refractivity (Wildman–Crippen MR) is 307 cm³/mol. The summed E-state index contributed by atoms with van der Waals surface area (Å²) >= 11 is 0. The van der Waals surface area contributed by atoms with Crippen LogP contribution in [-0.2, 0) is 19.3 Å². The number of phenolic OH excluding ortho intramolecular Hbond substituents is 3. The first-order valence-electron chi connectivity index (χ1n) is 27.0. The quantitative estimate of drug-likeness (QED) is 0.0457. The van der Waals surface area contributed by atoms with Gasteiger partial charge in [-0.1, -0.05) is 64.1 Å². The molecule has 0 spiro atoms. The van der Waals surface area contributed by atoms with Crippen LogP contribution >= 0.6 is 0 Å². The van der Waals surface area contributed by atoms with Crippen molar-refractivity contribution in [2.45, 2.75) is 123 Å². The van der Waals surface area contributed by atoms with E-state index in [-0.39, 0.29) is 87.4 Å². The van der Waals surface area contributed by atoms with E-state index in [2.05, 4.69) is 79.8 Å². The Bertz CT molecular complexity index is 2450. The molecular formula is C54H86N16O11. The van der Waals surface area contributed by atoms with Gasteiger partial charge in [-0.25, -0.2) is 38.4 Å². The van der Waals surface area contributed by atoms with E-state index >= 15 is 0 Å². The number of carbonyl (C=O) groups excluding carboxylic acids is 8. The first-order chi connectivity index (χ1) is 38.3. The fourth-order valence-electron chi connectivity index (χ4n) is 7.78. The summed E-state index contributed by atoms with van der Waals surface area (Å²) in [7, 11) is 0. The normalized spacial score (nSPS) is 13.5. The molecule has 20 N–H and O–H groups in total. The molecule has 27 nitrogen and oxygen atoms in total. The molecule has 0 saturated carbocycles. The van der Waals surface area contributed by atoms with Gasteiger partial charge in [0.25, 0.3) is 0 Å². The van der Waals surface area contributed by atoms with Gasteiger partial charge in [0.1, 0.15) is 17.2 Å². The molecule has 3 aromatic rings. The highest BCUT2D eigenvalue weighted by Crippen LogP contribution is 2.14. The van der Waals surface area contributed by atoms with Gasteiger partial charge in [-0.2, -0.15) is 0 Å². The van der Waals surface area contributed by atoms with Gasteiger partial charge in [0, 0.05) is 63.9 Å². The predicted octanol–water partition coefficient (Wildman–Crippen LogP) is 1.93. The van der Waals surface area contributed by atoms with Gasteiger partial charge in [-0.3, -0.25) is 0 Å². The van der Waals surface area contributed by atoms with Crippen LogP contribution in [0.3, 0.4) is 0 Å². The second kappa shape index (κ2) is 35.0. The maximum Gasteiger partial charge on any atom is 0.315 e. The van der Waals surface area contributed by atoms with E-state index in [0.717, 1.165) is 16.7 Å². The zero-order chi connectivity index (χ0) is 60.0. The van der Waals surface area contributed by atoms with Gasteiger partial charge in [-0.05, 0) is 112 Å². The number of hydrogen-bond donors (Lipinski definition) is 19. The summed E-state index contributed by atoms with van der Waals surface area (Å²) in [6.45, 7) is 14.8. The summed E-state index contributed by atoms with van der Waals surface area (Å²) in [6.07, 6.45) is 0.965. The number of benzene rings is 3. The number of phenols is 3. The topological polar surface area (TPSA) is 404 Å². The molecular weight excluding hydrogens is 1050 g/mol. The van der Waals surface area contributed by atoms with Crippen molar-refractivity contribution in [3.8, 4) is 17.2 Å². The van der Waals surface area contributed by atoms with Crippen molar-refractivity contribution >= 4 is 48.2 Å². The maximum absolute atomic E-state index is 13.4. The Hall–Kier alpha value is -8.78. The Morgan fingerprint density at radius 3 is 0.926 bits per heavy atom. The molecule has 7 atom stereocenters. The van der Waals surface area contributed by atoms with Crippen LogP contribution < -0.4 is 85.5 Å². The number of nitrogens with one attached hydrogen (secondary N) is 15. The number of hydrogen-bond acceptors (Lipinski definition) is 11. The second-order valence-electron chi connectivity index (χ2n) is 20.8. The number of amides is 16. The second-order valence-corrected chi connectivity index (χ2v) is 20.8. The number of carbonyl (C=O) groups is 8. The lowest BCUT2D eigenvalue weighted by atomic mass is 10.0. The molecule has 0 aliphatic rings. The van der Waals surface area contributed by atoms with Gasteiger partial charge in [0.05, 0.1) is 30.2 Å². The molecule has 0 radical (unpaired) electrons. The summed E-state index contributed by atoms with van der Waals surface area (Å²) in [5.41, 5.74) is 7.63. The van der Waals surface area contributed by atoms with Crippen molar-refractivity contribution in [2.24, 2.45) is 17.6 Å². The number of urea groups is 8. The number of rotatable bonds is 30. The highest BCUT2D eigenvalue weighted by Gasteiger charge is 2.23. The molecule has 0 unspecified atom stereocenters. The van der Waals surface area contributed by atoms with Crippen molar-refractivity contribution in [1.82, 2.24) is 79.8 Å². The van der Waals surface area contributed by atoms with Crippen molar-refractivity contribution in [1.29, 1.82) is 0 Å². The third-order valence-corrected chi connectivity index (χ3v) is 12.3. The Morgan fingerprint density at radius 2 is 0.617 bits per heavy atom. The summed E-state index contributed by atoms with van der Waals surface area (Å²) in [4.78, 5) is 102. The Balaban J connectivity index is 1.45. The smallest absolute Gasteiger partial charge is 0.315 e. The van der Waals surface area contributed by atoms with Crippen molar-refractivity contribution < 1.29 is 53.7 Å². The molecule has 27 heteroatoms. The van der Waals surface area contributed by atoms with Gasteiger partial charge < -0.3 is 101 Å². The van der Waals surface area contributed by atoms with Gasteiger partial charge in [0.2, 0.25) is 0 Å². The van der Waals surface area contributed by atoms with Gasteiger partial charge in [0.15, 0.2) is 0 Å². The van der Waals surface area contributed by atoms with E-state index in [1.165, 1.54) is 36.4 Å². The van der Waals surface area contributed by atoms with Gasteiger partial charge >= 0.3 is 48.2 Å². The number of aromatic hydroxyl groups is 3. The van der Waals surface area contributed by atoms with Crippen LogP contribution in [0.5, 0.6) is 17.2 Å². The van der Waals surface area contributed by atoms with Crippen molar-refractivity contribution in [3.05, 3.63) is 89.5 Å². The standard InChI is InChI=1S/C54H86N16O11/c1-31(2)45(29-61-50(77)66-39(26-56-47(55)74)21-36-9-15-42(71)16-10-36)69-52(79)57-24-34(7)64-48(75)59-27-40(22-37-11-17-43(72)18-12-37)67-51(78)62-30-46(32(3)4)70-53(80)58-25-35(8)65-49(76)60-28-41(68-54(81)63-33(5)6)23-38-13-19-44(73)20-14-38/h9-20,31-35,39-41,45-46,71-73H,21-30H2,1-8H3,(H3,55,56,74)(H2,57,69,79)(H2,58,70,80)(H2,59,64,75)(H2,60,65,76)(H2,61,66,77)(H2,62,67,78)(H2,63,68,81)/t34-,35-,39-,40-,41-,45+,46+/m0/s1. The van der Waals surface area contributed by atoms with Crippen LogP contribution in [0, 0.1) is 11.8 Å². The van der Waals surface area contributed by atoms with Gasteiger partial charge in [-0.15, -0.1) is 0 Å². The summed E-state index contributed by atoms with van der Waals surface area (Å²) < 4.78 is 0. The lowest BCUT2D eigenvalue weighted by Crippen LogP contribution is -2.56. The summed E-state index contributed by atoms with van der Waals surface area (Å²) in [5.74, 6) is 0.0119. The SMILES string of the molecule is CC(C)NC(=O)N[C@H](CNC(=O)N[C@@H](C)CNC(=O)N[C@H](CNC(=O)N[C@H](CNC(=O)N[C@@H](C)CNC(=O)N[C@H](CNC(=O)N[C@H](CNC(N)=O)Cc1ccc(O)cc1)C(C)C)Cc1ccc(O)cc1)C(C)C)Cc1ccc(O)cc1. The molecule has 81 heavy (non-hydrogen) atoms. The number of primary amides is 1. The molecule has 0 heterocycles. The third-order valence-electron chi connectivity index (χ3n) is 12.3. The van der Waals surface area contributed by atoms with E-state index < -0.39 is 90.5 Å². The molecule has 0 bridgehead atoms. The van der Waals surface area contributed by atoms with E-state index in [1.807, 2.05) is 41.5 Å². The minimum atomic E-state index is -0.756. The first kappa shape index (κ1) is 66.5. The van der Waals surface area contributed by atoms with E-state index in [0.29, 0.717) is 12.8 Å². The average molecular weight is 1140 g/mol. The van der Waals surface area contributed by atoms with Crippen molar-refractivity contribution in [2.75, 3.05) is 45.8 Å². The molecule has 0 saturated heterocycles. The monoisotopic (exact) mass is 1130 g/mol. The molecule has 448 valence electrons. The highest BCUT2D eigenvalue weighted by molar-refractivity contribution is 5.79. The van der Waals surface area contributed by atoms with Crippen LogP contribution in [0.2, 0.25) is 0 Å². The zero-order valence-corrected chi connectivity index (χ0v) is 47.5. The fourth-order valence-corrected chi connectivity index (χ4v) is 7.78. The summed E-state index contributed by atoms with van der Waals surface area (Å²) in [5, 5.41) is 70.7. The van der Waals surface area contributed by atoms with Crippen LogP contribution in [0.4, 0.5) is 38.4 Å². The Labute approximate surface area is 473 Å². The van der Waals surface area contributed by atoms with E-state index in [1.54, 1.807) is 50.2 Å². The molecule has 3 rings (SSSR count). The zero-order valence-electron chi connectivity index (χ0n) is 47.5. The van der Waals surface area contributed by atoms with E-state index in [9.17, 15) is 53.7 Å². The minimum absolute atomic E-state index is 0.0259. The molecule has 0 aliphatic carbocycles. The van der Waals surface area contributed by atoms with E-state index in [4.69, 9.17) is 5.73 Å². The largest absolute Gasteiger partial charge is 0.508 e. The molecule has 16 amide bonds. The lowest BCUT2D eigenvalue weighted by Gasteiger charge is -2.25. The first-order valence-corrected chi connectivity index (χ1v) is 27.0. The van der Waals surface area contributed by atoms with Crippen molar-refractivity contribution in [3.63, 3.8) is 0 Å². The highest BCUT2D eigenvalue weighted by atomic mass is 16.3. The molecule has 0 fully saturated rings. The van der Waals surface area contributed by atoms with Crippen LogP contribution in [0.25, 0.3) is 0 Å². The lowest BCUT2D eigenvalue weighted by molar-refractivity contribution is 0.222. The minimum Gasteiger partial charge on any atom is -0.508 e. The van der Waals surface area contributed by atoms with Crippen LogP contribution in [0.15, 0.2) is 72.8 Å². The Morgan fingerprint density at radius 1 is 0.346 bits per heavy atom. The molecule has 0 aromatic heterocycles. The summed E-state index contributed by atoms with van der Waals surface area (Å²) in [6, 6.07) is 11.0. The van der Waals surface area contributed by atoms with Crippen LogP contribution in [0.1, 0.15) is 72.1 Å². The molecule has 3 aromatic carbocycles. The third kappa shape index (κ3) is 29.1. The van der Waals surface area contributed by atoms with Crippen LogP contribution in [-0.4, -0.2) is 158 Å².